The number of nitriles is 1. The van der Waals surface area contributed by atoms with Gasteiger partial charge >= 0.3 is 0 Å². The van der Waals surface area contributed by atoms with E-state index in [2.05, 4.69) is 4.98 Å². The van der Waals surface area contributed by atoms with Crippen LogP contribution in [0, 0.1) is 11.3 Å². The van der Waals surface area contributed by atoms with Gasteiger partial charge in [-0.05, 0) is 11.6 Å². The minimum Gasteiger partial charge on any atom is -0.390 e. The first-order chi connectivity index (χ1) is 7.13. The fourth-order valence-corrected chi connectivity index (χ4v) is 1.18. The van der Waals surface area contributed by atoms with Gasteiger partial charge in [0, 0.05) is 6.54 Å². The molecular weight excluding hydrogens is 204 g/mol. The second kappa shape index (κ2) is 4.77. The molecule has 0 saturated heterocycles. The normalized spacial score (nSPS) is 10.4. The van der Waals surface area contributed by atoms with Crippen molar-refractivity contribution in [3.8, 4) is 6.07 Å². The van der Waals surface area contributed by atoms with Crippen LogP contribution in [0.25, 0.3) is 0 Å². The quantitative estimate of drug-likeness (QED) is 0.779. The molecule has 4 nitrogen and oxygen atoms in total. The Morgan fingerprint density at radius 2 is 2.27 bits per heavy atom. The Labute approximate surface area is 85.0 Å². The van der Waals surface area contributed by atoms with E-state index in [-0.39, 0.29) is 17.8 Å². The Kier molecular flexibility index (Phi) is 3.66. The molecule has 0 aliphatic carbocycles. The molecule has 1 heterocycles. The first-order valence-corrected chi connectivity index (χ1v) is 4.15. The van der Waals surface area contributed by atoms with Crippen LogP contribution in [-0.2, 0) is 13.2 Å². The van der Waals surface area contributed by atoms with E-state index in [1.54, 1.807) is 6.07 Å². The minimum atomic E-state index is -2.84. The van der Waals surface area contributed by atoms with Crippen LogP contribution < -0.4 is 5.73 Å². The van der Waals surface area contributed by atoms with E-state index in [0.29, 0.717) is 5.56 Å². The molecule has 80 valence electrons. The van der Waals surface area contributed by atoms with E-state index in [1.165, 1.54) is 6.07 Å². The van der Waals surface area contributed by atoms with E-state index in [0.717, 1.165) is 0 Å². The van der Waals surface area contributed by atoms with Gasteiger partial charge in [-0.25, -0.2) is 13.8 Å². The van der Waals surface area contributed by atoms with Crippen LogP contribution in [0.4, 0.5) is 8.78 Å². The summed E-state index contributed by atoms with van der Waals surface area (Å²) in [5.41, 5.74) is 5.00. The lowest BCUT2D eigenvalue weighted by Crippen LogP contribution is -2.08. The van der Waals surface area contributed by atoms with Crippen LogP contribution in [0.15, 0.2) is 6.07 Å². The zero-order valence-corrected chi connectivity index (χ0v) is 7.74. The van der Waals surface area contributed by atoms with E-state index in [1.807, 2.05) is 0 Å². The predicted molar refractivity (Wildman–Crippen MR) is 47.7 cm³/mol. The van der Waals surface area contributed by atoms with Gasteiger partial charge in [-0.1, -0.05) is 0 Å². The second-order valence-corrected chi connectivity index (χ2v) is 2.80. The van der Waals surface area contributed by atoms with Crippen molar-refractivity contribution in [2.45, 2.75) is 19.6 Å². The van der Waals surface area contributed by atoms with Gasteiger partial charge in [0.25, 0.3) is 6.43 Å². The molecule has 0 saturated carbocycles. The molecule has 0 radical (unpaired) electrons. The summed E-state index contributed by atoms with van der Waals surface area (Å²) in [5.74, 6) is 0. The minimum absolute atomic E-state index is 0.0427. The van der Waals surface area contributed by atoms with Gasteiger partial charge in [0.1, 0.15) is 11.8 Å². The molecule has 6 heteroatoms. The van der Waals surface area contributed by atoms with Gasteiger partial charge in [-0.2, -0.15) is 5.26 Å². The molecule has 1 aromatic heterocycles. The number of aliphatic hydroxyl groups is 1. The molecule has 3 N–H and O–H groups in total. The molecule has 0 atom stereocenters. The van der Waals surface area contributed by atoms with Crippen molar-refractivity contribution in [2.75, 3.05) is 0 Å². The van der Waals surface area contributed by atoms with Crippen LogP contribution >= 0.6 is 0 Å². The number of rotatable bonds is 3. The topological polar surface area (TPSA) is 82.9 Å². The van der Waals surface area contributed by atoms with Crippen molar-refractivity contribution in [3.05, 3.63) is 28.6 Å². The van der Waals surface area contributed by atoms with Crippen LogP contribution in [0.2, 0.25) is 0 Å². The van der Waals surface area contributed by atoms with Crippen LogP contribution in [0.1, 0.15) is 28.9 Å². The highest BCUT2D eigenvalue weighted by atomic mass is 19.3. The Hall–Kier alpha value is -1.58. The smallest absolute Gasteiger partial charge is 0.281 e. The lowest BCUT2D eigenvalue weighted by Gasteiger charge is -2.08. The fourth-order valence-electron chi connectivity index (χ4n) is 1.18. The van der Waals surface area contributed by atoms with Crippen molar-refractivity contribution < 1.29 is 13.9 Å². The number of aromatic nitrogens is 1. The van der Waals surface area contributed by atoms with Gasteiger partial charge in [0.2, 0.25) is 0 Å². The van der Waals surface area contributed by atoms with Crippen molar-refractivity contribution in [3.63, 3.8) is 0 Å². The van der Waals surface area contributed by atoms with Gasteiger partial charge in [0.05, 0.1) is 17.9 Å². The second-order valence-electron chi connectivity index (χ2n) is 2.80. The number of hydrogen-bond acceptors (Lipinski definition) is 4. The maximum absolute atomic E-state index is 12.4. The Bertz CT molecular complexity index is 401. The molecule has 0 aromatic carbocycles. The summed E-state index contributed by atoms with van der Waals surface area (Å²) in [4.78, 5) is 3.53. The molecule has 1 rings (SSSR count). The number of nitrogens with zero attached hydrogens (tertiary/aromatic N) is 2. The molecule has 0 amide bonds. The molecule has 0 spiro atoms. The number of halogens is 2. The SMILES string of the molecule is N#Cc1cc(CN)c(CO)nc1C(F)F. The van der Waals surface area contributed by atoms with Crippen LogP contribution in [0.3, 0.4) is 0 Å². The average Bonchev–Trinajstić information content (AvgIpc) is 2.26. The molecular formula is C9H9F2N3O. The van der Waals surface area contributed by atoms with Gasteiger partial charge in [-0.3, -0.25) is 0 Å². The zero-order chi connectivity index (χ0) is 11.4. The molecule has 0 bridgehead atoms. The van der Waals surface area contributed by atoms with E-state index in [4.69, 9.17) is 16.1 Å². The summed E-state index contributed by atoms with van der Waals surface area (Å²) in [5, 5.41) is 17.5. The van der Waals surface area contributed by atoms with Crippen molar-refractivity contribution in [1.82, 2.24) is 4.98 Å². The van der Waals surface area contributed by atoms with E-state index >= 15 is 0 Å². The first-order valence-electron chi connectivity index (χ1n) is 4.15. The number of hydrogen-bond donors (Lipinski definition) is 2. The number of pyridine rings is 1. The number of aliphatic hydroxyl groups excluding tert-OH is 1. The maximum Gasteiger partial charge on any atom is 0.281 e. The van der Waals surface area contributed by atoms with Gasteiger partial charge < -0.3 is 10.8 Å². The van der Waals surface area contributed by atoms with E-state index < -0.39 is 18.7 Å². The lowest BCUT2D eigenvalue weighted by molar-refractivity contribution is 0.144. The maximum atomic E-state index is 12.4. The third kappa shape index (κ3) is 2.26. The lowest BCUT2D eigenvalue weighted by atomic mass is 10.1. The Morgan fingerprint density at radius 1 is 1.60 bits per heavy atom. The third-order valence-electron chi connectivity index (χ3n) is 1.92. The summed E-state index contributed by atoms with van der Waals surface area (Å²) in [6, 6.07) is 2.86. The highest BCUT2D eigenvalue weighted by molar-refractivity contribution is 5.39. The fraction of sp³-hybridized carbons (Fsp3) is 0.333. The van der Waals surface area contributed by atoms with Crippen LogP contribution in [-0.4, -0.2) is 10.1 Å². The molecule has 0 aliphatic rings. The summed E-state index contributed by atoms with van der Waals surface area (Å²) in [6.45, 7) is -0.431. The predicted octanol–water partition coefficient (Wildman–Crippen LogP) is 0.842. The highest BCUT2D eigenvalue weighted by Crippen LogP contribution is 2.22. The monoisotopic (exact) mass is 213 g/mol. The number of alkyl halides is 2. The Balaban J connectivity index is 3.36. The molecule has 0 fully saturated rings. The average molecular weight is 213 g/mol. The first kappa shape index (κ1) is 11.5. The van der Waals surface area contributed by atoms with Gasteiger partial charge in [0.15, 0.2) is 0 Å². The standard InChI is InChI=1S/C9H9F2N3O/c10-9(11)8-6(3-13)1-5(2-12)7(4-15)14-8/h1,9,15H,2,4,12H2. The molecule has 0 aliphatic heterocycles. The van der Waals surface area contributed by atoms with Crippen LogP contribution in [0.5, 0.6) is 0 Å². The molecule has 0 unspecified atom stereocenters. The van der Waals surface area contributed by atoms with Crippen molar-refractivity contribution in [1.29, 1.82) is 5.26 Å². The van der Waals surface area contributed by atoms with E-state index in [9.17, 15) is 8.78 Å². The number of nitrogens with two attached hydrogens (primary N) is 1. The Morgan fingerprint density at radius 3 is 2.67 bits per heavy atom. The summed E-state index contributed by atoms with van der Waals surface area (Å²) >= 11 is 0. The zero-order valence-electron chi connectivity index (χ0n) is 7.74. The van der Waals surface area contributed by atoms with Gasteiger partial charge in [-0.15, -0.1) is 0 Å². The summed E-state index contributed by atoms with van der Waals surface area (Å²) in [6.07, 6.45) is -2.84. The molecule has 15 heavy (non-hydrogen) atoms. The highest BCUT2D eigenvalue weighted by Gasteiger charge is 2.17. The molecule has 1 aromatic rings. The summed E-state index contributed by atoms with van der Waals surface area (Å²) < 4.78 is 24.9. The largest absolute Gasteiger partial charge is 0.390 e. The van der Waals surface area contributed by atoms with Crippen molar-refractivity contribution in [2.24, 2.45) is 5.73 Å². The summed E-state index contributed by atoms with van der Waals surface area (Å²) in [7, 11) is 0. The van der Waals surface area contributed by atoms with Crippen molar-refractivity contribution >= 4 is 0 Å². The third-order valence-corrected chi connectivity index (χ3v) is 1.92.